The third kappa shape index (κ3) is 2.86. The molecule has 0 fully saturated rings. The van der Waals surface area contributed by atoms with E-state index in [1.54, 1.807) is 13.8 Å². The maximum Gasteiger partial charge on any atom is 0.345 e. The molecule has 0 N–H and O–H groups in total. The maximum atomic E-state index is 11.9. The number of aryl methyl sites for hydroxylation is 1. The number of esters is 1. The van der Waals surface area contributed by atoms with Crippen LogP contribution in [0.4, 0.5) is 0 Å². The number of hydrogen-bond acceptors (Lipinski definition) is 4. The van der Waals surface area contributed by atoms with Crippen molar-refractivity contribution in [1.29, 1.82) is 0 Å². The fourth-order valence-electron chi connectivity index (χ4n) is 1.74. The molecule has 0 saturated carbocycles. The van der Waals surface area contributed by atoms with E-state index in [2.05, 4.69) is 0 Å². The third-order valence-electron chi connectivity index (χ3n) is 2.49. The summed E-state index contributed by atoms with van der Waals surface area (Å²) in [6.45, 7) is 12.3. The van der Waals surface area contributed by atoms with Gasteiger partial charge >= 0.3 is 5.97 Å². The van der Waals surface area contributed by atoms with Crippen molar-refractivity contribution in [3.63, 3.8) is 0 Å². The van der Waals surface area contributed by atoms with Crippen LogP contribution in [-0.2, 0) is 10.2 Å². The predicted molar refractivity (Wildman–Crippen MR) is 69.3 cm³/mol. The summed E-state index contributed by atoms with van der Waals surface area (Å²) in [4.78, 5) is 11.9. The molecule has 1 aromatic rings. The average Bonchev–Trinajstić information content (AvgIpc) is 2.56. The van der Waals surface area contributed by atoms with Crippen LogP contribution in [-0.4, -0.2) is 19.2 Å². The zero-order valence-electron chi connectivity index (χ0n) is 12.0. The van der Waals surface area contributed by atoms with Gasteiger partial charge in [0.25, 0.3) is 0 Å². The van der Waals surface area contributed by atoms with Gasteiger partial charge in [-0.05, 0) is 20.8 Å². The van der Waals surface area contributed by atoms with Crippen LogP contribution in [0.15, 0.2) is 4.42 Å². The lowest BCUT2D eigenvalue weighted by atomic mass is 9.92. The first-order chi connectivity index (χ1) is 8.32. The van der Waals surface area contributed by atoms with Crippen molar-refractivity contribution >= 4 is 5.97 Å². The standard InChI is InChI=1S/C14H22O4/c1-7-16-11-10(13(15)17-8-2)9(3)18-12(11)14(4,5)6/h7-8H2,1-6H3. The number of hydrogen-bond donors (Lipinski definition) is 0. The molecule has 0 aromatic carbocycles. The van der Waals surface area contributed by atoms with Gasteiger partial charge in [0.15, 0.2) is 11.5 Å². The highest BCUT2D eigenvalue weighted by Gasteiger charge is 2.32. The Kier molecular flexibility index (Phi) is 4.43. The number of furan rings is 1. The van der Waals surface area contributed by atoms with Crippen molar-refractivity contribution < 1.29 is 18.7 Å². The lowest BCUT2D eigenvalue weighted by Gasteiger charge is -2.17. The maximum absolute atomic E-state index is 11.9. The Hall–Kier alpha value is -1.45. The Balaban J connectivity index is 3.32. The second-order valence-electron chi connectivity index (χ2n) is 5.09. The molecule has 0 spiro atoms. The van der Waals surface area contributed by atoms with E-state index in [-0.39, 0.29) is 5.41 Å². The Morgan fingerprint density at radius 3 is 2.28 bits per heavy atom. The molecule has 0 bridgehead atoms. The summed E-state index contributed by atoms with van der Waals surface area (Å²) in [5.74, 6) is 1.35. The lowest BCUT2D eigenvalue weighted by molar-refractivity contribution is 0.0520. The lowest BCUT2D eigenvalue weighted by Crippen LogP contribution is -2.13. The van der Waals surface area contributed by atoms with Gasteiger partial charge < -0.3 is 13.9 Å². The molecular weight excluding hydrogens is 232 g/mol. The molecule has 0 unspecified atom stereocenters. The summed E-state index contributed by atoms with van der Waals surface area (Å²) in [6, 6.07) is 0. The summed E-state index contributed by atoms with van der Waals surface area (Å²) >= 11 is 0. The Bertz CT molecular complexity index is 424. The summed E-state index contributed by atoms with van der Waals surface area (Å²) < 4.78 is 16.3. The van der Waals surface area contributed by atoms with Crippen molar-refractivity contribution in [2.75, 3.05) is 13.2 Å². The monoisotopic (exact) mass is 254 g/mol. The summed E-state index contributed by atoms with van der Waals surface area (Å²) in [6.07, 6.45) is 0. The molecule has 4 heteroatoms. The van der Waals surface area contributed by atoms with E-state index < -0.39 is 5.97 Å². The highest BCUT2D eigenvalue weighted by molar-refractivity contribution is 5.94. The zero-order valence-corrected chi connectivity index (χ0v) is 12.0. The van der Waals surface area contributed by atoms with Gasteiger partial charge in [0, 0.05) is 5.41 Å². The third-order valence-corrected chi connectivity index (χ3v) is 2.49. The van der Waals surface area contributed by atoms with Gasteiger partial charge in [-0.2, -0.15) is 0 Å². The van der Waals surface area contributed by atoms with E-state index in [1.807, 2.05) is 27.7 Å². The second-order valence-corrected chi connectivity index (χ2v) is 5.09. The average molecular weight is 254 g/mol. The molecule has 0 atom stereocenters. The van der Waals surface area contributed by atoms with Gasteiger partial charge in [-0.1, -0.05) is 20.8 Å². The molecule has 0 aliphatic carbocycles. The largest absolute Gasteiger partial charge is 0.489 e. The number of rotatable bonds is 4. The molecule has 0 saturated heterocycles. The van der Waals surface area contributed by atoms with Crippen molar-refractivity contribution in [3.8, 4) is 5.75 Å². The van der Waals surface area contributed by atoms with Crippen LogP contribution in [0, 0.1) is 6.92 Å². The predicted octanol–water partition coefficient (Wildman–Crippen LogP) is 3.46. The highest BCUT2D eigenvalue weighted by atomic mass is 16.5. The van der Waals surface area contributed by atoms with Crippen LogP contribution in [0.5, 0.6) is 5.75 Å². The van der Waals surface area contributed by atoms with E-state index in [4.69, 9.17) is 13.9 Å². The summed E-state index contributed by atoms with van der Waals surface area (Å²) in [5, 5.41) is 0. The van der Waals surface area contributed by atoms with Crippen molar-refractivity contribution in [3.05, 3.63) is 17.1 Å². The SMILES string of the molecule is CCOC(=O)c1c(C)oc(C(C)(C)C)c1OCC. The molecule has 0 aliphatic rings. The fraction of sp³-hybridized carbons (Fsp3) is 0.643. The van der Waals surface area contributed by atoms with E-state index in [0.717, 1.165) is 0 Å². The molecule has 102 valence electrons. The molecule has 18 heavy (non-hydrogen) atoms. The first-order valence-electron chi connectivity index (χ1n) is 6.26. The number of ether oxygens (including phenoxy) is 2. The Morgan fingerprint density at radius 1 is 1.22 bits per heavy atom. The Labute approximate surface area is 108 Å². The van der Waals surface area contributed by atoms with E-state index >= 15 is 0 Å². The van der Waals surface area contributed by atoms with E-state index in [1.165, 1.54) is 0 Å². The molecule has 0 amide bonds. The Morgan fingerprint density at radius 2 is 1.83 bits per heavy atom. The van der Waals surface area contributed by atoms with Crippen LogP contribution in [0.1, 0.15) is 56.5 Å². The molecule has 0 aliphatic heterocycles. The smallest absolute Gasteiger partial charge is 0.345 e. The van der Waals surface area contributed by atoms with Crippen LogP contribution in [0.3, 0.4) is 0 Å². The van der Waals surface area contributed by atoms with E-state index in [0.29, 0.717) is 36.0 Å². The van der Waals surface area contributed by atoms with Crippen molar-refractivity contribution in [2.45, 2.75) is 47.0 Å². The topological polar surface area (TPSA) is 48.7 Å². The number of carbonyl (C=O) groups is 1. The van der Waals surface area contributed by atoms with Crippen LogP contribution in [0.2, 0.25) is 0 Å². The van der Waals surface area contributed by atoms with Crippen molar-refractivity contribution in [2.24, 2.45) is 0 Å². The van der Waals surface area contributed by atoms with Gasteiger partial charge in [-0.3, -0.25) is 0 Å². The first kappa shape index (κ1) is 14.6. The zero-order chi connectivity index (χ0) is 13.9. The second kappa shape index (κ2) is 5.46. The molecule has 1 rings (SSSR count). The molecular formula is C14H22O4. The quantitative estimate of drug-likeness (QED) is 0.772. The van der Waals surface area contributed by atoms with Gasteiger partial charge in [-0.25, -0.2) is 4.79 Å². The minimum atomic E-state index is -0.391. The molecule has 1 heterocycles. The molecule has 0 radical (unpaired) electrons. The minimum absolute atomic E-state index is 0.222. The van der Waals surface area contributed by atoms with Gasteiger partial charge in [0.1, 0.15) is 11.3 Å². The van der Waals surface area contributed by atoms with E-state index in [9.17, 15) is 4.79 Å². The summed E-state index contributed by atoms with van der Waals surface area (Å²) in [7, 11) is 0. The minimum Gasteiger partial charge on any atom is -0.489 e. The highest BCUT2D eigenvalue weighted by Crippen LogP contribution is 2.38. The number of carbonyl (C=O) groups excluding carboxylic acids is 1. The van der Waals surface area contributed by atoms with Crippen LogP contribution in [0.25, 0.3) is 0 Å². The van der Waals surface area contributed by atoms with Gasteiger partial charge in [0.05, 0.1) is 13.2 Å². The van der Waals surface area contributed by atoms with Gasteiger partial charge in [-0.15, -0.1) is 0 Å². The molecule has 1 aromatic heterocycles. The fourth-order valence-corrected chi connectivity index (χ4v) is 1.74. The van der Waals surface area contributed by atoms with Crippen LogP contribution < -0.4 is 4.74 Å². The van der Waals surface area contributed by atoms with Crippen LogP contribution >= 0.6 is 0 Å². The van der Waals surface area contributed by atoms with Crippen molar-refractivity contribution in [1.82, 2.24) is 0 Å². The summed E-state index contributed by atoms with van der Waals surface area (Å²) in [5.41, 5.74) is 0.184. The normalized spacial score (nSPS) is 11.4. The van der Waals surface area contributed by atoms with Gasteiger partial charge in [0.2, 0.25) is 0 Å². The molecule has 4 nitrogen and oxygen atoms in total. The first-order valence-corrected chi connectivity index (χ1v) is 6.26.